The monoisotopic (exact) mass is 353 g/mol. The van der Waals surface area contributed by atoms with E-state index in [1.807, 2.05) is 31.2 Å². The second-order valence-corrected chi connectivity index (χ2v) is 5.59. The van der Waals surface area contributed by atoms with Gasteiger partial charge in [-0.15, -0.1) is 0 Å². The van der Waals surface area contributed by atoms with Gasteiger partial charge in [0.2, 0.25) is 0 Å². The standard InChI is InChI=1S/C19H19N3O4/c1-14-4-6-15(7-5-14)13-26-19(24)22-17(18(23)25-10-8-20)11-16-3-2-9-21-12-16/h2-7,9,12,17H,10-11,13H2,1H3,(H,22,24)/t17-/m0/s1. The number of carbonyl (C=O) groups excluding carboxylic acids is 2. The molecule has 0 aliphatic heterocycles. The number of alkyl carbamates (subject to hydrolysis) is 1. The number of nitriles is 1. The van der Waals surface area contributed by atoms with Crippen LogP contribution in [0.4, 0.5) is 4.79 Å². The topological polar surface area (TPSA) is 101 Å². The van der Waals surface area contributed by atoms with Gasteiger partial charge in [0.05, 0.1) is 0 Å². The number of nitrogens with one attached hydrogen (secondary N) is 1. The summed E-state index contributed by atoms with van der Waals surface area (Å²) < 4.78 is 9.96. The Balaban J connectivity index is 1.95. The van der Waals surface area contributed by atoms with E-state index in [0.29, 0.717) is 0 Å². The number of amides is 1. The Labute approximate surface area is 151 Å². The average Bonchev–Trinajstić information content (AvgIpc) is 2.66. The molecule has 1 N–H and O–H groups in total. The molecule has 0 aliphatic carbocycles. The smallest absolute Gasteiger partial charge is 0.408 e. The first-order chi connectivity index (χ1) is 12.6. The van der Waals surface area contributed by atoms with Crippen molar-refractivity contribution in [1.82, 2.24) is 10.3 Å². The Morgan fingerprint density at radius 3 is 2.62 bits per heavy atom. The predicted octanol–water partition coefficient (Wildman–Crippen LogP) is 2.29. The Bertz CT molecular complexity index is 770. The summed E-state index contributed by atoms with van der Waals surface area (Å²) in [6.07, 6.45) is 2.63. The zero-order valence-corrected chi connectivity index (χ0v) is 14.3. The van der Waals surface area contributed by atoms with Crippen LogP contribution in [0.3, 0.4) is 0 Å². The summed E-state index contributed by atoms with van der Waals surface area (Å²) in [6.45, 7) is 1.66. The molecule has 0 unspecified atom stereocenters. The number of pyridine rings is 1. The van der Waals surface area contributed by atoms with Gasteiger partial charge in [-0.05, 0) is 24.1 Å². The van der Waals surface area contributed by atoms with Gasteiger partial charge < -0.3 is 14.8 Å². The molecule has 0 aliphatic rings. The second kappa shape index (κ2) is 9.79. The average molecular weight is 353 g/mol. The lowest BCUT2D eigenvalue weighted by molar-refractivity contribution is -0.144. The van der Waals surface area contributed by atoms with Crippen molar-refractivity contribution in [3.63, 3.8) is 0 Å². The summed E-state index contributed by atoms with van der Waals surface area (Å²) >= 11 is 0. The van der Waals surface area contributed by atoms with Crippen LogP contribution < -0.4 is 5.32 Å². The largest absolute Gasteiger partial charge is 0.449 e. The molecule has 0 spiro atoms. The summed E-state index contributed by atoms with van der Waals surface area (Å²) in [7, 11) is 0. The Kier molecular flexibility index (Phi) is 7.13. The number of ether oxygens (including phenoxy) is 2. The highest BCUT2D eigenvalue weighted by atomic mass is 16.6. The normalized spacial score (nSPS) is 11.1. The predicted molar refractivity (Wildman–Crippen MR) is 92.8 cm³/mol. The molecule has 7 nitrogen and oxygen atoms in total. The molecule has 0 saturated heterocycles. The summed E-state index contributed by atoms with van der Waals surface area (Å²) in [5, 5.41) is 11.0. The fourth-order valence-corrected chi connectivity index (χ4v) is 2.17. The van der Waals surface area contributed by atoms with E-state index >= 15 is 0 Å². The number of benzene rings is 1. The molecule has 1 atom stereocenters. The minimum absolute atomic E-state index is 0.0823. The fourth-order valence-electron chi connectivity index (χ4n) is 2.17. The minimum atomic E-state index is -0.974. The molecule has 134 valence electrons. The van der Waals surface area contributed by atoms with Crippen molar-refractivity contribution in [2.45, 2.75) is 26.0 Å². The van der Waals surface area contributed by atoms with E-state index in [4.69, 9.17) is 14.7 Å². The molecule has 0 radical (unpaired) electrons. The van der Waals surface area contributed by atoms with Gasteiger partial charge in [-0.2, -0.15) is 5.26 Å². The molecule has 1 heterocycles. The molecule has 1 aromatic heterocycles. The number of aromatic nitrogens is 1. The maximum absolute atomic E-state index is 12.1. The summed E-state index contributed by atoms with van der Waals surface area (Å²) in [4.78, 5) is 28.1. The number of hydrogen-bond acceptors (Lipinski definition) is 6. The first-order valence-electron chi connectivity index (χ1n) is 8.00. The number of rotatable bonds is 7. The van der Waals surface area contributed by atoms with Gasteiger partial charge in [-0.25, -0.2) is 9.59 Å². The van der Waals surface area contributed by atoms with Crippen LogP contribution in [0.2, 0.25) is 0 Å². The number of esters is 1. The lowest BCUT2D eigenvalue weighted by Crippen LogP contribution is -2.43. The summed E-state index contributed by atoms with van der Waals surface area (Å²) in [5.41, 5.74) is 2.68. The first kappa shape index (κ1) is 18.9. The van der Waals surface area contributed by atoms with Gasteiger partial charge in [0, 0.05) is 18.8 Å². The maximum atomic E-state index is 12.1. The van der Waals surface area contributed by atoms with E-state index in [9.17, 15) is 9.59 Å². The number of nitrogens with zero attached hydrogens (tertiary/aromatic N) is 2. The third kappa shape index (κ3) is 6.24. The maximum Gasteiger partial charge on any atom is 0.408 e. The lowest BCUT2D eigenvalue weighted by atomic mass is 10.1. The Morgan fingerprint density at radius 2 is 1.96 bits per heavy atom. The molecule has 0 bridgehead atoms. The highest BCUT2D eigenvalue weighted by molar-refractivity contribution is 5.81. The van der Waals surface area contributed by atoms with Crippen molar-refractivity contribution in [2.75, 3.05) is 6.61 Å². The van der Waals surface area contributed by atoms with Crippen molar-refractivity contribution < 1.29 is 19.1 Å². The van der Waals surface area contributed by atoms with E-state index in [1.165, 1.54) is 0 Å². The van der Waals surface area contributed by atoms with Crippen LogP contribution in [0, 0.1) is 18.3 Å². The van der Waals surface area contributed by atoms with E-state index in [2.05, 4.69) is 10.3 Å². The second-order valence-electron chi connectivity index (χ2n) is 5.59. The zero-order valence-electron chi connectivity index (χ0n) is 14.3. The first-order valence-corrected chi connectivity index (χ1v) is 8.00. The Morgan fingerprint density at radius 1 is 1.19 bits per heavy atom. The molecule has 2 rings (SSSR count). The molecule has 26 heavy (non-hydrogen) atoms. The lowest BCUT2D eigenvalue weighted by Gasteiger charge is -2.17. The van der Waals surface area contributed by atoms with Crippen molar-refractivity contribution >= 4 is 12.1 Å². The molecule has 1 amide bonds. The van der Waals surface area contributed by atoms with E-state index in [0.717, 1.165) is 16.7 Å². The fraction of sp³-hybridized carbons (Fsp3) is 0.263. The number of aryl methyl sites for hydroxylation is 1. The van der Waals surface area contributed by atoms with Crippen molar-refractivity contribution in [2.24, 2.45) is 0 Å². The van der Waals surface area contributed by atoms with Crippen LogP contribution in [0.15, 0.2) is 48.8 Å². The van der Waals surface area contributed by atoms with Crippen molar-refractivity contribution in [3.05, 3.63) is 65.5 Å². The minimum Gasteiger partial charge on any atom is -0.449 e. The van der Waals surface area contributed by atoms with Crippen molar-refractivity contribution in [1.29, 1.82) is 5.26 Å². The van der Waals surface area contributed by atoms with Crippen molar-refractivity contribution in [3.8, 4) is 6.07 Å². The molecule has 1 aromatic carbocycles. The van der Waals surface area contributed by atoms with Crippen LogP contribution in [0.1, 0.15) is 16.7 Å². The van der Waals surface area contributed by atoms with Gasteiger partial charge in [-0.1, -0.05) is 35.9 Å². The van der Waals surface area contributed by atoms with Crippen LogP contribution in [0.25, 0.3) is 0 Å². The Hall–Kier alpha value is -3.40. The van der Waals surface area contributed by atoms with Crippen LogP contribution in [-0.4, -0.2) is 29.7 Å². The molecule has 7 heteroatoms. The van der Waals surface area contributed by atoms with Crippen LogP contribution in [-0.2, 0) is 27.3 Å². The summed E-state index contributed by atoms with van der Waals surface area (Å²) in [6, 6.07) is 11.8. The third-order valence-electron chi connectivity index (χ3n) is 3.51. The quantitative estimate of drug-likeness (QED) is 0.767. The molecule has 0 fully saturated rings. The molecule has 2 aromatic rings. The van der Waals surface area contributed by atoms with Gasteiger partial charge in [-0.3, -0.25) is 4.98 Å². The highest BCUT2D eigenvalue weighted by Crippen LogP contribution is 2.06. The SMILES string of the molecule is Cc1ccc(COC(=O)N[C@@H](Cc2cccnc2)C(=O)OCC#N)cc1. The van der Waals surface area contributed by atoms with Crippen LogP contribution in [0.5, 0.6) is 0 Å². The van der Waals surface area contributed by atoms with Gasteiger partial charge in [0.25, 0.3) is 0 Å². The van der Waals surface area contributed by atoms with E-state index < -0.39 is 18.1 Å². The van der Waals surface area contributed by atoms with E-state index in [-0.39, 0.29) is 19.6 Å². The highest BCUT2D eigenvalue weighted by Gasteiger charge is 2.23. The van der Waals surface area contributed by atoms with Gasteiger partial charge in [0.15, 0.2) is 6.61 Å². The number of carbonyl (C=O) groups is 2. The van der Waals surface area contributed by atoms with E-state index in [1.54, 1.807) is 30.6 Å². The third-order valence-corrected chi connectivity index (χ3v) is 3.51. The van der Waals surface area contributed by atoms with Gasteiger partial charge >= 0.3 is 12.1 Å². The zero-order chi connectivity index (χ0) is 18.8. The van der Waals surface area contributed by atoms with Crippen LogP contribution >= 0.6 is 0 Å². The van der Waals surface area contributed by atoms with Gasteiger partial charge in [0.1, 0.15) is 18.7 Å². The molecular weight excluding hydrogens is 334 g/mol. The molecule has 0 saturated carbocycles. The molecular formula is C19H19N3O4. The summed E-state index contributed by atoms with van der Waals surface area (Å²) in [5.74, 6) is -0.706. The number of hydrogen-bond donors (Lipinski definition) is 1.